The van der Waals surface area contributed by atoms with Gasteiger partial charge in [-0.3, -0.25) is 52.7 Å². The molecule has 0 aliphatic heterocycles. The molecule has 0 radical (unpaired) electrons. The van der Waals surface area contributed by atoms with Crippen molar-refractivity contribution in [1.82, 2.24) is 0 Å². The highest BCUT2D eigenvalue weighted by atomic mass is 35.5. The largest absolute Gasteiger partial charge is 0.496 e. The number of Topliss-reactive ketones (excluding diaryl/α,β-unsaturated/α-hetero) is 14. The first kappa shape index (κ1) is 117. The van der Waals surface area contributed by atoms with Gasteiger partial charge >= 0.3 is 0 Å². The SMILES string of the molecule is C=Cc1cc2sc(C(=O)CCC(C)=O)cc2cc1OC.CCC(CC(=O)c1cc2cc(OC)c(OC)cc2s1)C(C)=O.COc1cc2cc(C(=O)C3CC3C(C)=O)sc2cc1OC.COc1cc2cc(C(=O)CC(C(C)=O)C(C)C)sc2cc1OC.COc1cc2cc(C(=O)CC(C(C)=O)C3CC3)sc2cc1OC.COc1cc2cc(C(=O)CCC(C)=O)sc2cc1OC.COc1cc2sc(C(=O)CCC(C)=O)cc2cc1Cl. The number of carbonyl (C=O) groups is 14. The van der Waals surface area contributed by atoms with Gasteiger partial charge < -0.3 is 71.2 Å². The van der Waals surface area contributed by atoms with Crippen LogP contribution in [0.2, 0.25) is 5.02 Å². The van der Waals surface area contributed by atoms with E-state index >= 15 is 0 Å². The fraction of sp³-hybridized carbons (Fsp3) is 0.368. The highest BCUT2D eigenvalue weighted by Crippen LogP contribution is 2.48. The molecule has 0 bridgehead atoms. The number of hydrogen-bond acceptors (Lipinski definition) is 33. The lowest BCUT2D eigenvalue weighted by molar-refractivity contribution is -0.122. The van der Waals surface area contributed by atoms with E-state index in [1.807, 2.05) is 142 Å². The maximum atomic E-state index is 12.6. The molecule has 2 aliphatic rings. The fourth-order valence-electron chi connectivity index (χ4n) is 16.2. The Morgan fingerprint density at radius 1 is 0.318 bits per heavy atom. The third-order valence-electron chi connectivity index (χ3n) is 25.0. The van der Waals surface area contributed by atoms with Gasteiger partial charge in [0.25, 0.3) is 0 Å². The summed E-state index contributed by atoms with van der Waals surface area (Å²) in [5, 5.41) is 7.17. The summed E-state index contributed by atoms with van der Waals surface area (Å²) in [5.41, 5.74) is 0.907. The molecule has 0 N–H and O–H groups in total. The lowest BCUT2D eigenvalue weighted by atomic mass is 9.87. The van der Waals surface area contributed by atoms with Crippen molar-refractivity contribution in [3.63, 3.8) is 0 Å². The van der Waals surface area contributed by atoms with Crippen molar-refractivity contribution in [2.75, 3.05) is 85.3 Å². The molecule has 5 atom stereocenters. The molecule has 2 saturated carbocycles. The zero-order chi connectivity index (χ0) is 109. The average molecular weight is 2170 g/mol. The van der Waals surface area contributed by atoms with E-state index in [2.05, 4.69) is 6.58 Å². The average Bonchev–Trinajstić information content (AvgIpc) is 1.61. The normalized spacial score (nSPS) is 13.2. The molecule has 14 aromatic rings. The Bertz CT molecular complexity index is 6980. The van der Waals surface area contributed by atoms with Gasteiger partial charge in [0.2, 0.25) is 0 Å². The monoisotopic (exact) mass is 2170 g/mol. The second-order valence-electron chi connectivity index (χ2n) is 35.8. The summed E-state index contributed by atoms with van der Waals surface area (Å²) in [6.45, 7) is 20.4. The van der Waals surface area contributed by atoms with Gasteiger partial charge in [-0.25, -0.2) is 0 Å². The Balaban J connectivity index is 0.000000177. The van der Waals surface area contributed by atoms with Crippen molar-refractivity contribution < 1.29 is 124 Å². The van der Waals surface area contributed by atoms with E-state index < -0.39 is 0 Å². The lowest BCUT2D eigenvalue weighted by Crippen LogP contribution is -2.21. The summed E-state index contributed by atoms with van der Waals surface area (Å²) < 4.78 is 70.1. The first-order valence-corrected chi connectivity index (χ1v) is 53.7. The van der Waals surface area contributed by atoms with Gasteiger partial charge in [-0.15, -0.1) is 79.4 Å². The van der Waals surface area contributed by atoms with E-state index in [4.69, 9.17) is 68.4 Å². The van der Waals surface area contributed by atoms with E-state index in [1.165, 1.54) is 100 Å². The number of hydrogen-bond donors (Lipinski definition) is 0. The van der Waals surface area contributed by atoms with Crippen LogP contribution in [0.15, 0.2) is 134 Å². The molecule has 0 saturated heterocycles. The Morgan fingerprint density at radius 2 is 0.588 bits per heavy atom. The van der Waals surface area contributed by atoms with E-state index in [1.54, 1.807) is 125 Å². The molecule has 0 spiro atoms. The molecule has 26 nitrogen and oxygen atoms in total. The highest BCUT2D eigenvalue weighted by molar-refractivity contribution is 7.23. The molecular formula is C114H123ClO26S7. The highest BCUT2D eigenvalue weighted by Gasteiger charge is 2.47. The molecule has 7 heterocycles. The van der Waals surface area contributed by atoms with Crippen LogP contribution in [0.3, 0.4) is 0 Å². The molecule has 5 unspecified atom stereocenters. The van der Waals surface area contributed by atoms with E-state index in [-0.39, 0.29) is 155 Å². The Kier molecular flexibility index (Phi) is 43.1. The number of benzene rings is 7. The van der Waals surface area contributed by atoms with Gasteiger partial charge in [0.05, 0.1) is 124 Å². The molecule has 34 heteroatoms. The Morgan fingerprint density at radius 3 is 0.851 bits per heavy atom. The minimum Gasteiger partial charge on any atom is -0.496 e. The van der Waals surface area contributed by atoms with Crippen molar-refractivity contribution in [3.05, 3.63) is 179 Å². The molecule has 7 aromatic heterocycles. The molecular weight excluding hydrogens is 2050 g/mol. The van der Waals surface area contributed by atoms with Crippen LogP contribution in [0.4, 0.5) is 0 Å². The van der Waals surface area contributed by atoms with E-state index in [9.17, 15) is 67.1 Å². The van der Waals surface area contributed by atoms with Gasteiger partial charge in [-0.05, 0) is 221 Å². The summed E-state index contributed by atoms with van der Waals surface area (Å²) in [7, 11) is 19.0. The molecule has 2 aliphatic carbocycles. The van der Waals surface area contributed by atoms with Gasteiger partial charge in [0.15, 0.2) is 98.0 Å². The number of halogens is 1. The summed E-state index contributed by atoms with van der Waals surface area (Å²) in [6.07, 6.45) is 7.76. The van der Waals surface area contributed by atoms with Crippen LogP contribution in [-0.2, 0) is 33.6 Å². The number of carbonyl (C=O) groups excluding carboxylic acids is 14. The summed E-state index contributed by atoms with van der Waals surface area (Å²) >= 11 is 16.0. The van der Waals surface area contributed by atoms with Crippen molar-refractivity contribution in [3.8, 4) is 69.0 Å². The topological polar surface area (TPSA) is 350 Å². The van der Waals surface area contributed by atoms with Gasteiger partial charge in [-0.2, -0.15) is 0 Å². The predicted octanol–water partition coefficient (Wildman–Crippen LogP) is 27.6. The molecule has 0 amide bonds. The van der Waals surface area contributed by atoms with Crippen molar-refractivity contribution in [2.45, 2.75) is 153 Å². The number of fused-ring (bicyclic) bond motifs is 7. The number of ether oxygens (including phenoxy) is 12. The zero-order valence-electron chi connectivity index (χ0n) is 87.0. The molecule has 7 aromatic carbocycles. The number of thiophene rings is 7. The smallest absolute Gasteiger partial charge is 0.176 e. The minimum absolute atomic E-state index is 0.000617. The third-order valence-corrected chi connectivity index (χ3v) is 33.2. The van der Waals surface area contributed by atoms with Crippen LogP contribution in [0.5, 0.6) is 69.0 Å². The van der Waals surface area contributed by atoms with Gasteiger partial charge in [0, 0.05) is 156 Å². The third kappa shape index (κ3) is 30.8. The second kappa shape index (κ2) is 54.5. The molecule has 148 heavy (non-hydrogen) atoms. The number of ketones is 14. The minimum atomic E-state index is -0.225. The first-order chi connectivity index (χ1) is 70.5. The fourth-order valence-corrected chi connectivity index (χ4v) is 23.8. The maximum absolute atomic E-state index is 12.6. The lowest BCUT2D eigenvalue weighted by Gasteiger charge is -2.16. The number of rotatable bonds is 43. The van der Waals surface area contributed by atoms with E-state index in [0.29, 0.717) is 140 Å². The van der Waals surface area contributed by atoms with Gasteiger partial charge in [0.1, 0.15) is 52.0 Å². The standard InChI is InChI=1S/C18H20O4S.C18H22O4S.C17H20O4S.C16H16O4S.C16H16O3S.C15H16O4S.C14H13ClO3S/c1-10(19)13(11-4-5-11)8-14(20)18-7-12-6-15(21-2)16(22-3)9-17(12)23-18;1-10(2)13(11(3)19)8-14(20)18-7-12-6-15(21-4)16(22-5)9-17(12)23-18;1-5-11(10(2)18)6-13(19)17-8-12-7-14(20-3)15(21-4)9-16(12)22-17;1-8(17)10-6-11(10)16(18)15-5-9-4-12(19-2)13(20-3)7-14(9)21-15;1-4-11-8-15-12(7-14(11)19-3)9-16(20-15)13(18)6-5-10(2)17;1-9(16)4-5-11(17)15-7-10-6-12(18-2)13(19-3)8-14(10)20-15;1-8(16)3-4-11(17)14-6-9-5-10(15)12(18-2)7-13(9)19-14/h6-7,9,11,13H,4-5,8H2,1-3H3;6-7,9-10,13H,8H2,1-5H3;7-9,11H,5-6H2,1-4H3;4-5,7,10-11H,6H2,1-3H3;4,7-9H,1,5-6H2,2-3H3;6-8H,4-5H2,1-3H3;5-7H,3-4H2,1-2H3. The van der Waals surface area contributed by atoms with Crippen LogP contribution >= 0.6 is 91.0 Å². The van der Waals surface area contributed by atoms with Crippen LogP contribution in [-0.4, -0.2) is 166 Å². The summed E-state index contributed by atoms with van der Waals surface area (Å²) in [5.74, 6) is 8.26. The maximum Gasteiger partial charge on any atom is 0.176 e. The van der Waals surface area contributed by atoms with Crippen LogP contribution in [0, 0.1) is 41.4 Å². The quantitative estimate of drug-likeness (QED) is 0.0320. The van der Waals surface area contributed by atoms with Crippen molar-refractivity contribution >= 4 is 249 Å². The molecule has 16 rings (SSSR count). The van der Waals surface area contributed by atoms with Gasteiger partial charge in [-0.1, -0.05) is 45.0 Å². The van der Waals surface area contributed by atoms with Crippen LogP contribution < -0.4 is 56.8 Å². The predicted molar refractivity (Wildman–Crippen MR) is 593 cm³/mol. The van der Waals surface area contributed by atoms with Crippen molar-refractivity contribution in [1.29, 1.82) is 0 Å². The molecule has 784 valence electrons. The Hall–Kier alpha value is -12.7. The van der Waals surface area contributed by atoms with Crippen molar-refractivity contribution in [2.24, 2.45) is 41.4 Å². The summed E-state index contributed by atoms with van der Waals surface area (Å²) in [4.78, 5) is 170. The summed E-state index contributed by atoms with van der Waals surface area (Å²) in [6, 6.07) is 39.2. The molecule has 2 fully saturated rings. The van der Waals surface area contributed by atoms with Crippen LogP contribution in [0.1, 0.15) is 226 Å². The zero-order valence-corrected chi connectivity index (χ0v) is 93.5. The number of methoxy groups -OCH3 is 12. The first-order valence-electron chi connectivity index (χ1n) is 47.6. The van der Waals surface area contributed by atoms with E-state index in [0.717, 1.165) is 94.8 Å². The second-order valence-corrected chi connectivity index (χ2v) is 43.8. The Labute approximate surface area is 892 Å². The van der Waals surface area contributed by atoms with Crippen LogP contribution in [0.25, 0.3) is 76.7 Å².